The van der Waals surface area contributed by atoms with Gasteiger partial charge in [-0.05, 0) is 11.6 Å². The van der Waals surface area contributed by atoms with Gasteiger partial charge in [-0.15, -0.1) is 12.4 Å². The lowest BCUT2D eigenvalue weighted by molar-refractivity contribution is 0.0696. The van der Waals surface area contributed by atoms with Crippen molar-refractivity contribution in [3.05, 3.63) is 21.2 Å². The van der Waals surface area contributed by atoms with E-state index in [0.717, 1.165) is 0 Å². The summed E-state index contributed by atoms with van der Waals surface area (Å²) in [6, 6.07) is 0. The summed E-state index contributed by atoms with van der Waals surface area (Å²) in [4.78, 5) is 17.3. The van der Waals surface area contributed by atoms with Gasteiger partial charge in [0.05, 0.1) is 0 Å². The number of hydrogen-bond acceptors (Lipinski definition) is 3. The van der Waals surface area contributed by atoms with Gasteiger partial charge < -0.3 is 5.11 Å². The zero-order valence-corrected chi connectivity index (χ0v) is 8.88. The number of nitrogens with zero attached hydrogens (tertiary/aromatic N) is 2. The van der Waals surface area contributed by atoms with Crippen LogP contribution in [0.5, 0.6) is 0 Å². The molecule has 0 aliphatic heterocycles. The smallest absolute Gasteiger partial charge is 0.342 e. The second kappa shape index (κ2) is 4.81. The van der Waals surface area contributed by atoms with Crippen molar-refractivity contribution < 1.29 is 9.90 Å². The van der Waals surface area contributed by atoms with Crippen LogP contribution in [-0.4, -0.2) is 21.0 Å². The average molecular weight is 264 g/mol. The van der Waals surface area contributed by atoms with Crippen molar-refractivity contribution in [2.24, 2.45) is 0 Å². The number of carboxylic acids is 1. The molecular formula is C5H2Cl4N2O2. The van der Waals surface area contributed by atoms with Crippen molar-refractivity contribution >= 4 is 53.2 Å². The van der Waals surface area contributed by atoms with Crippen molar-refractivity contribution in [1.29, 1.82) is 0 Å². The largest absolute Gasteiger partial charge is 0.477 e. The number of carboxylic acid groups (broad SMARTS) is 1. The Morgan fingerprint density at radius 3 is 1.85 bits per heavy atom. The maximum absolute atomic E-state index is 10.5. The molecule has 0 aliphatic carbocycles. The Morgan fingerprint density at radius 2 is 1.54 bits per heavy atom. The summed E-state index contributed by atoms with van der Waals surface area (Å²) < 4.78 is 0. The topological polar surface area (TPSA) is 63.1 Å². The molecule has 0 saturated carbocycles. The van der Waals surface area contributed by atoms with Gasteiger partial charge in [0, 0.05) is 0 Å². The second-order valence-electron chi connectivity index (χ2n) is 1.75. The van der Waals surface area contributed by atoms with Gasteiger partial charge in [0.15, 0.2) is 0 Å². The van der Waals surface area contributed by atoms with E-state index in [4.69, 9.17) is 39.9 Å². The van der Waals surface area contributed by atoms with E-state index in [1.807, 2.05) is 0 Å². The molecule has 0 amide bonds. The number of halogens is 4. The van der Waals surface area contributed by atoms with Crippen LogP contribution in [0.15, 0.2) is 0 Å². The quantitative estimate of drug-likeness (QED) is 0.625. The highest BCUT2D eigenvalue weighted by Gasteiger charge is 2.16. The van der Waals surface area contributed by atoms with Crippen LogP contribution in [0.25, 0.3) is 0 Å². The normalized spacial score (nSPS) is 9.15. The first-order valence-electron chi connectivity index (χ1n) is 2.64. The van der Waals surface area contributed by atoms with E-state index in [1.165, 1.54) is 0 Å². The lowest BCUT2D eigenvalue weighted by Crippen LogP contribution is -2.02. The van der Waals surface area contributed by atoms with Gasteiger partial charge in [0.2, 0.25) is 5.28 Å². The second-order valence-corrected chi connectivity index (χ2v) is 2.81. The summed E-state index contributed by atoms with van der Waals surface area (Å²) in [5, 5.41) is 7.82. The fourth-order valence-corrected chi connectivity index (χ4v) is 1.37. The van der Waals surface area contributed by atoms with Crippen LogP contribution in [0.1, 0.15) is 10.4 Å². The maximum Gasteiger partial charge on any atom is 0.342 e. The van der Waals surface area contributed by atoms with Gasteiger partial charge in [0.25, 0.3) is 0 Å². The van der Waals surface area contributed by atoms with Crippen molar-refractivity contribution in [1.82, 2.24) is 9.97 Å². The van der Waals surface area contributed by atoms with Crippen molar-refractivity contribution in [2.75, 3.05) is 0 Å². The van der Waals surface area contributed by atoms with Crippen LogP contribution in [0, 0.1) is 0 Å². The lowest BCUT2D eigenvalue weighted by Gasteiger charge is -1.99. The van der Waals surface area contributed by atoms with Gasteiger partial charge in [-0.3, -0.25) is 0 Å². The molecule has 0 bridgehead atoms. The monoisotopic (exact) mass is 262 g/mol. The minimum Gasteiger partial charge on any atom is -0.477 e. The zero-order valence-electron chi connectivity index (χ0n) is 5.79. The lowest BCUT2D eigenvalue weighted by atomic mass is 10.3. The van der Waals surface area contributed by atoms with E-state index in [0.29, 0.717) is 0 Å². The minimum atomic E-state index is -1.29. The summed E-state index contributed by atoms with van der Waals surface area (Å²) in [5.41, 5.74) is -0.345. The highest BCUT2D eigenvalue weighted by Crippen LogP contribution is 2.22. The predicted octanol–water partition coefficient (Wildman–Crippen LogP) is 2.56. The molecule has 0 fully saturated rings. The first-order chi connectivity index (χ1) is 5.52. The highest BCUT2D eigenvalue weighted by atomic mass is 35.5. The molecule has 1 heterocycles. The molecule has 72 valence electrons. The van der Waals surface area contributed by atoms with E-state index >= 15 is 0 Å². The fraction of sp³-hybridized carbons (Fsp3) is 0. The van der Waals surface area contributed by atoms with Gasteiger partial charge in [0.1, 0.15) is 15.9 Å². The molecule has 0 saturated heterocycles. The van der Waals surface area contributed by atoms with Crippen LogP contribution in [0.2, 0.25) is 15.6 Å². The third kappa shape index (κ3) is 2.84. The van der Waals surface area contributed by atoms with Gasteiger partial charge in [-0.1, -0.05) is 23.2 Å². The van der Waals surface area contributed by atoms with Gasteiger partial charge in [-0.25, -0.2) is 14.8 Å². The molecule has 0 atom stereocenters. The average Bonchev–Trinajstić information content (AvgIpc) is 1.82. The molecule has 1 aromatic rings. The Morgan fingerprint density at radius 1 is 1.15 bits per heavy atom. The summed E-state index contributed by atoms with van der Waals surface area (Å²) in [7, 11) is 0. The van der Waals surface area contributed by atoms with E-state index in [-0.39, 0.29) is 33.6 Å². The molecule has 13 heavy (non-hydrogen) atoms. The standard InChI is InChI=1S/C5HCl3N2O2.ClH/c6-2-1(4(11)12)3(7)10-5(8)9-2;/h(H,11,12);1H. The molecule has 0 spiro atoms. The SMILES string of the molecule is Cl.O=C(O)c1c(Cl)nc(Cl)nc1Cl. The molecule has 1 aromatic heterocycles. The first kappa shape index (κ1) is 12.7. The van der Waals surface area contributed by atoms with E-state index in [9.17, 15) is 4.79 Å². The minimum absolute atomic E-state index is 0. The van der Waals surface area contributed by atoms with Crippen LogP contribution < -0.4 is 0 Å². The molecule has 0 aromatic carbocycles. The Kier molecular flexibility index (Phi) is 4.70. The molecule has 0 radical (unpaired) electrons. The first-order valence-corrected chi connectivity index (χ1v) is 3.77. The predicted molar refractivity (Wildman–Crippen MR) is 51.3 cm³/mol. The third-order valence-electron chi connectivity index (χ3n) is 1.01. The Labute approximate surface area is 94.3 Å². The van der Waals surface area contributed by atoms with Crippen molar-refractivity contribution in [3.63, 3.8) is 0 Å². The molecule has 0 unspecified atom stereocenters. The number of rotatable bonds is 1. The van der Waals surface area contributed by atoms with Crippen molar-refractivity contribution in [3.8, 4) is 0 Å². The summed E-state index contributed by atoms with van der Waals surface area (Å²) >= 11 is 16.2. The summed E-state index contributed by atoms with van der Waals surface area (Å²) in [6.45, 7) is 0. The highest BCUT2D eigenvalue weighted by molar-refractivity contribution is 6.39. The zero-order chi connectivity index (χ0) is 9.30. The summed E-state index contributed by atoms with van der Waals surface area (Å²) in [5.74, 6) is -1.29. The fourth-order valence-electron chi connectivity index (χ4n) is 0.560. The molecule has 0 aliphatic rings. The number of aromatic carboxylic acids is 1. The molecule has 4 nitrogen and oxygen atoms in total. The van der Waals surface area contributed by atoms with Crippen LogP contribution in [0.3, 0.4) is 0 Å². The molecule has 8 heteroatoms. The van der Waals surface area contributed by atoms with Gasteiger partial charge >= 0.3 is 5.97 Å². The number of hydrogen-bond donors (Lipinski definition) is 1. The Bertz CT molecular complexity index is 320. The Balaban J connectivity index is 0.00000144. The van der Waals surface area contributed by atoms with Crippen LogP contribution in [-0.2, 0) is 0 Å². The van der Waals surface area contributed by atoms with Crippen LogP contribution >= 0.6 is 47.2 Å². The summed E-state index contributed by atoms with van der Waals surface area (Å²) in [6.07, 6.45) is 0. The van der Waals surface area contributed by atoms with E-state index in [1.54, 1.807) is 0 Å². The molecular weight excluding hydrogens is 262 g/mol. The Hall–Kier alpha value is -0.290. The molecule has 1 rings (SSSR count). The van der Waals surface area contributed by atoms with Crippen LogP contribution in [0.4, 0.5) is 0 Å². The molecule has 1 N–H and O–H groups in total. The third-order valence-corrected chi connectivity index (χ3v) is 1.72. The maximum atomic E-state index is 10.5. The van der Waals surface area contributed by atoms with E-state index in [2.05, 4.69) is 9.97 Å². The van der Waals surface area contributed by atoms with E-state index < -0.39 is 5.97 Å². The van der Waals surface area contributed by atoms with Crippen molar-refractivity contribution in [2.45, 2.75) is 0 Å². The van der Waals surface area contributed by atoms with Gasteiger partial charge in [-0.2, -0.15) is 0 Å². The number of aromatic nitrogens is 2. The number of carbonyl (C=O) groups is 1.